The van der Waals surface area contributed by atoms with Crippen LogP contribution in [0, 0.1) is 0 Å². The van der Waals surface area contributed by atoms with Gasteiger partial charge in [-0.2, -0.15) is 0 Å². The zero-order chi connectivity index (χ0) is 13.0. The Labute approximate surface area is 98.1 Å². The highest BCUT2D eigenvalue weighted by Gasteiger charge is 2.25. The first kappa shape index (κ1) is 12.9. The number of methoxy groups -OCH3 is 1. The molecule has 17 heavy (non-hydrogen) atoms. The standard InChI is InChI=1S/C9H14N4O4/c1-5-17-9(15)13-7(12(2)3)6(10-11-13)8(14)16-4/h5H2,1-4H3. The number of esters is 1. The number of rotatable bonds is 3. The lowest BCUT2D eigenvalue weighted by Crippen LogP contribution is -2.23. The summed E-state index contributed by atoms with van der Waals surface area (Å²) in [6, 6.07) is 0. The minimum Gasteiger partial charge on any atom is -0.464 e. The number of anilines is 1. The second-order valence-corrected chi connectivity index (χ2v) is 3.26. The molecule has 0 saturated heterocycles. The Morgan fingerprint density at radius 3 is 2.53 bits per heavy atom. The lowest BCUT2D eigenvalue weighted by molar-refractivity contribution is 0.0594. The number of aromatic nitrogens is 3. The van der Waals surface area contributed by atoms with E-state index in [1.165, 1.54) is 12.0 Å². The van der Waals surface area contributed by atoms with Crippen molar-refractivity contribution in [1.82, 2.24) is 15.0 Å². The summed E-state index contributed by atoms with van der Waals surface area (Å²) < 4.78 is 10.2. The third-order valence-corrected chi connectivity index (χ3v) is 1.89. The third kappa shape index (κ3) is 2.52. The minimum atomic E-state index is -0.696. The summed E-state index contributed by atoms with van der Waals surface area (Å²) in [6.45, 7) is 1.88. The van der Waals surface area contributed by atoms with Gasteiger partial charge in [0.2, 0.25) is 5.69 Å². The molecule has 0 aromatic carbocycles. The molecule has 94 valence electrons. The van der Waals surface area contributed by atoms with E-state index in [0.29, 0.717) is 0 Å². The largest absolute Gasteiger partial charge is 0.464 e. The van der Waals surface area contributed by atoms with E-state index in [0.717, 1.165) is 4.68 Å². The monoisotopic (exact) mass is 242 g/mol. The fraction of sp³-hybridized carbons (Fsp3) is 0.556. The van der Waals surface area contributed by atoms with Crippen molar-refractivity contribution in [2.45, 2.75) is 6.92 Å². The van der Waals surface area contributed by atoms with E-state index in [1.54, 1.807) is 21.0 Å². The van der Waals surface area contributed by atoms with E-state index in [4.69, 9.17) is 4.74 Å². The Balaban J connectivity index is 3.20. The van der Waals surface area contributed by atoms with Crippen LogP contribution in [0.15, 0.2) is 0 Å². The van der Waals surface area contributed by atoms with Crippen molar-refractivity contribution in [1.29, 1.82) is 0 Å². The summed E-state index contributed by atoms with van der Waals surface area (Å²) in [5.74, 6) is -0.445. The van der Waals surface area contributed by atoms with Crippen molar-refractivity contribution in [2.24, 2.45) is 0 Å². The van der Waals surface area contributed by atoms with Crippen LogP contribution in [0.3, 0.4) is 0 Å². The highest BCUT2D eigenvalue weighted by atomic mass is 16.6. The number of ether oxygens (including phenoxy) is 2. The SMILES string of the molecule is CCOC(=O)n1nnc(C(=O)OC)c1N(C)C. The topological polar surface area (TPSA) is 86.6 Å². The molecule has 0 N–H and O–H groups in total. The van der Waals surface area contributed by atoms with Gasteiger partial charge in [0.25, 0.3) is 0 Å². The quantitative estimate of drug-likeness (QED) is 0.696. The van der Waals surface area contributed by atoms with E-state index < -0.39 is 12.1 Å². The van der Waals surface area contributed by atoms with E-state index in [1.807, 2.05) is 0 Å². The average molecular weight is 242 g/mol. The number of carbonyl (C=O) groups excluding carboxylic acids is 2. The van der Waals surface area contributed by atoms with Gasteiger partial charge < -0.3 is 14.4 Å². The molecular weight excluding hydrogens is 228 g/mol. The molecule has 0 aliphatic carbocycles. The van der Waals surface area contributed by atoms with Gasteiger partial charge in [0.1, 0.15) is 0 Å². The molecule has 8 heteroatoms. The minimum absolute atomic E-state index is 0.0365. The Morgan fingerprint density at radius 1 is 1.41 bits per heavy atom. The zero-order valence-corrected chi connectivity index (χ0v) is 10.1. The molecule has 0 unspecified atom stereocenters. The lowest BCUT2D eigenvalue weighted by Gasteiger charge is -2.13. The molecule has 0 spiro atoms. The van der Waals surface area contributed by atoms with Gasteiger partial charge in [0.05, 0.1) is 13.7 Å². The second-order valence-electron chi connectivity index (χ2n) is 3.26. The predicted molar refractivity (Wildman–Crippen MR) is 58.1 cm³/mol. The first-order valence-electron chi connectivity index (χ1n) is 4.91. The van der Waals surface area contributed by atoms with Crippen LogP contribution in [0.2, 0.25) is 0 Å². The number of hydrogen-bond donors (Lipinski definition) is 0. The van der Waals surface area contributed by atoms with Crippen LogP contribution < -0.4 is 4.90 Å². The zero-order valence-electron chi connectivity index (χ0n) is 10.1. The average Bonchev–Trinajstić information content (AvgIpc) is 2.72. The molecule has 0 amide bonds. The molecular formula is C9H14N4O4. The van der Waals surface area contributed by atoms with Gasteiger partial charge in [-0.25, -0.2) is 9.59 Å². The maximum absolute atomic E-state index is 11.6. The van der Waals surface area contributed by atoms with Crippen molar-refractivity contribution < 1.29 is 19.1 Å². The van der Waals surface area contributed by atoms with Gasteiger partial charge in [-0.15, -0.1) is 9.78 Å². The fourth-order valence-electron chi connectivity index (χ4n) is 1.21. The molecule has 0 saturated carbocycles. The van der Waals surface area contributed by atoms with Gasteiger partial charge in [0, 0.05) is 14.1 Å². The van der Waals surface area contributed by atoms with E-state index in [9.17, 15) is 9.59 Å². The Bertz CT molecular complexity index is 427. The number of hydrogen-bond acceptors (Lipinski definition) is 7. The van der Waals surface area contributed by atoms with Crippen LogP contribution in [-0.2, 0) is 9.47 Å². The Morgan fingerprint density at radius 2 is 2.06 bits per heavy atom. The molecule has 0 aliphatic rings. The van der Waals surface area contributed by atoms with Crippen LogP contribution in [0.5, 0.6) is 0 Å². The highest BCUT2D eigenvalue weighted by molar-refractivity contribution is 5.94. The van der Waals surface area contributed by atoms with Gasteiger partial charge in [0.15, 0.2) is 5.82 Å². The van der Waals surface area contributed by atoms with Gasteiger partial charge in [-0.1, -0.05) is 5.21 Å². The summed E-state index contributed by atoms with van der Waals surface area (Å²) in [5, 5.41) is 7.18. The number of carbonyl (C=O) groups is 2. The first-order chi connectivity index (χ1) is 8.02. The molecule has 1 aromatic rings. The molecule has 1 rings (SSSR count). The van der Waals surface area contributed by atoms with Crippen LogP contribution in [0.1, 0.15) is 17.4 Å². The van der Waals surface area contributed by atoms with E-state index >= 15 is 0 Å². The summed E-state index contributed by atoms with van der Waals surface area (Å²) in [5.41, 5.74) is -0.0365. The molecule has 0 atom stereocenters. The molecule has 1 aromatic heterocycles. The fourth-order valence-corrected chi connectivity index (χ4v) is 1.21. The van der Waals surface area contributed by atoms with Crippen molar-refractivity contribution in [3.8, 4) is 0 Å². The maximum Gasteiger partial charge on any atom is 0.438 e. The third-order valence-electron chi connectivity index (χ3n) is 1.89. The molecule has 1 heterocycles. The molecule has 8 nitrogen and oxygen atoms in total. The molecule has 0 radical (unpaired) electrons. The van der Waals surface area contributed by atoms with Crippen molar-refractivity contribution in [3.05, 3.63) is 5.69 Å². The smallest absolute Gasteiger partial charge is 0.438 e. The van der Waals surface area contributed by atoms with Gasteiger partial charge in [-0.05, 0) is 6.92 Å². The summed E-state index contributed by atoms with van der Waals surface area (Å²) in [4.78, 5) is 24.5. The van der Waals surface area contributed by atoms with Crippen molar-refractivity contribution in [2.75, 3.05) is 32.7 Å². The molecule has 0 aliphatic heterocycles. The van der Waals surface area contributed by atoms with Crippen molar-refractivity contribution >= 4 is 17.9 Å². The van der Waals surface area contributed by atoms with E-state index in [2.05, 4.69) is 15.0 Å². The van der Waals surface area contributed by atoms with Crippen LogP contribution in [0.25, 0.3) is 0 Å². The van der Waals surface area contributed by atoms with E-state index in [-0.39, 0.29) is 18.1 Å². The maximum atomic E-state index is 11.6. The van der Waals surface area contributed by atoms with Crippen LogP contribution in [-0.4, -0.2) is 54.9 Å². The normalized spacial score (nSPS) is 9.88. The summed E-state index contributed by atoms with van der Waals surface area (Å²) in [7, 11) is 4.53. The van der Waals surface area contributed by atoms with Crippen LogP contribution in [0.4, 0.5) is 10.6 Å². The first-order valence-corrected chi connectivity index (χ1v) is 4.91. The molecule has 0 fully saturated rings. The Hall–Kier alpha value is -2.12. The second kappa shape index (κ2) is 5.28. The van der Waals surface area contributed by atoms with Crippen molar-refractivity contribution in [3.63, 3.8) is 0 Å². The van der Waals surface area contributed by atoms with Gasteiger partial charge in [-0.3, -0.25) is 0 Å². The molecule has 0 bridgehead atoms. The van der Waals surface area contributed by atoms with Crippen LogP contribution >= 0.6 is 0 Å². The lowest BCUT2D eigenvalue weighted by atomic mass is 10.4. The highest BCUT2D eigenvalue weighted by Crippen LogP contribution is 2.16. The summed E-state index contributed by atoms with van der Waals surface area (Å²) >= 11 is 0. The number of nitrogens with zero attached hydrogens (tertiary/aromatic N) is 4. The summed E-state index contributed by atoms with van der Waals surface area (Å²) in [6.07, 6.45) is -0.696. The van der Waals surface area contributed by atoms with Gasteiger partial charge >= 0.3 is 12.1 Å². The Kier molecular flexibility index (Phi) is 4.02. The predicted octanol–water partition coefficient (Wildman–Crippen LogP) is 0.135.